The van der Waals surface area contributed by atoms with Crippen LogP contribution in [0.25, 0.3) is 0 Å². The van der Waals surface area contributed by atoms with Gasteiger partial charge in [-0.3, -0.25) is 9.59 Å². The van der Waals surface area contributed by atoms with Gasteiger partial charge in [-0.25, -0.2) is 0 Å². The van der Waals surface area contributed by atoms with Gasteiger partial charge in [-0.05, 0) is 29.1 Å². The van der Waals surface area contributed by atoms with Crippen LogP contribution in [-0.4, -0.2) is 19.0 Å². The number of thiophene rings is 1. The monoisotopic (exact) mass is 313 g/mol. The fraction of sp³-hybridized carbons (Fsp3) is 0.231. The summed E-state index contributed by atoms with van der Waals surface area (Å²) in [5.74, 6) is -0.798. The van der Waals surface area contributed by atoms with Crippen molar-refractivity contribution in [3.05, 3.63) is 45.5 Å². The summed E-state index contributed by atoms with van der Waals surface area (Å²) in [5, 5.41) is 4.64. The van der Waals surface area contributed by atoms with Crippen LogP contribution in [-0.2, 0) is 9.53 Å². The van der Waals surface area contributed by atoms with Crippen LogP contribution in [0, 0.1) is 0 Å². The van der Waals surface area contributed by atoms with Crippen molar-refractivity contribution < 1.29 is 18.7 Å². The van der Waals surface area contributed by atoms with Gasteiger partial charge in [-0.15, -0.1) is 11.3 Å². The van der Waals surface area contributed by atoms with E-state index >= 15 is 0 Å². The number of furan rings is 1. The van der Waals surface area contributed by atoms with E-state index in [0.717, 1.165) is 4.88 Å². The molecule has 0 aliphatic rings. The van der Waals surface area contributed by atoms with E-state index in [4.69, 9.17) is 16.0 Å². The number of hydrogen-bond acceptors (Lipinski definition) is 5. The number of halogens is 1. The quantitative estimate of drug-likeness (QED) is 0.861. The zero-order valence-corrected chi connectivity index (χ0v) is 12.2. The summed E-state index contributed by atoms with van der Waals surface area (Å²) in [5.41, 5.74) is 0.234. The molecule has 20 heavy (non-hydrogen) atoms. The molecule has 0 aromatic carbocycles. The Morgan fingerprint density at radius 3 is 2.85 bits per heavy atom. The summed E-state index contributed by atoms with van der Waals surface area (Å²) in [6.45, 7) is 0. The van der Waals surface area contributed by atoms with E-state index in [9.17, 15) is 9.59 Å². The van der Waals surface area contributed by atoms with Gasteiger partial charge in [-0.2, -0.15) is 0 Å². The van der Waals surface area contributed by atoms with Gasteiger partial charge >= 0.3 is 5.97 Å². The number of carbonyl (C=O) groups is 2. The van der Waals surface area contributed by atoms with E-state index in [1.165, 1.54) is 30.8 Å². The molecule has 1 amide bonds. The van der Waals surface area contributed by atoms with Gasteiger partial charge in [0.1, 0.15) is 0 Å². The molecule has 106 valence electrons. The van der Waals surface area contributed by atoms with Gasteiger partial charge in [0.05, 0.1) is 31.4 Å². The molecule has 2 aromatic heterocycles. The molecule has 0 saturated heterocycles. The third kappa shape index (κ3) is 3.40. The fourth-order valence-electron chi connectivity index (χ4n) is 1.65. The molecule has 0 fully saturated rings. The number of nitrogens with one attached hydrogen (secondary N) is 1. The molecule has 2 aromatic rings. The van der Waals surface area contributed by atoms with E-state index in [2.05, 4.69) is 10.1 Å². The number of ether oxygens (including phenoxy) is 1. The largest absolute Gasteiger partial charge is 0.469 e. The summed E-state index contributed by atoms with van der Waals surface area (Å²) in [4.78, 5) is 24.4. The smallest absolute Gasteiger partial charge is 0.307 e. The van der Waals surface area contributed by atoms with Crippen molar-refractivity contribution in [2.45, 2.75) is 12.5 Å². The molecule has 2 rings (SSSR count). The Labute approximate surface area is 124 Å². The van der Waals surface area contributed by atoms with Crippen molar-refractivity contribution in [1.82, 2.24) is 5.32 Å². The minimum atomic E-state index is -0.457. The molecule has 2 heterocycles. The molecule has 0 aliphatic carbocycles. The van der Waals surface area contributed by atoms with Crippen LogP contribution in [0.1, 0.15) is 27.7 Å². The molecular weight excluding hydrogens is 302 g/mol. The van der Waals surface area contributed by atoms with Gasteiger partial charge in [0.15, 0.2) is 0 Å². The number of amides is 1. The number of carbonyl (C=O) groups excluding carboxylic acids is 2. The van der Waals surface area contributed by atoms with Gasteiger partial charge in [0, 0.05) is 4.88 Å². The predicted octanol–water partition coefficient (Wildman–Crippen LogP) is 3.03. The Morgan fingerprint density at radius 2 is 2.30 bits per heavy atom. The molecule has 1 unspecified atom stereocenters. The lowest BCUT2D eigenvalue weighted by atomic mass is 10.1. The van der Waals surface area contributed by atoms with E-state index in [1.54, 1.807) is 0 Å². The first-order valence-electron chi connectivity index (χ1n) is 5.76. The zero-order chi connectivity index (χ0) is 14.5. The van der Waals surface area contributed by atoms with Gasteiger partial charge < -0.3 is 14.5 Å². The first kappa shape index (κ1) is 14.6. The van der Waals surface area contributed by atoms with E-state index in [0.29, 0.717) is 0 Å². The normalized spacial score (nSPS) is 11.9. The zero-order valence-electron chi connectivity index (χ0n) is 10.6. The van der Waals surface area contributed by atoms with Crippen molar-refractivity contribution >= 4 is 34.8 Å². The minimum absolute atomic E-state index is 0.0190. The van der Waals surface area contributed by atoms with Crippen LogP contribution in [0.2, 0.25) is 5.22 Å². The highest BCUT2D eigenvalue weighted by Crippen LogP contribution is 2.24. The van der Waals surface area contributed by atoms with Crippen molar-refractivity contribution in [3.8, 4) is 0 Å². The summed E-state index contributed by atoms with van der Waals surface area (Å²) < 4.78 is 9.52. The van der Waals surface area contributed by atoms with E-state index in [1.807, 2.05) is 17.5 Å². The van der Waals surface area contributed by atoms with Crippen molar-refractivity contribution in [1.29, 1.82) is 0 Å². The number of methoxy groups -OCH3 is 1. The third-order valence-corrected chi connectivity index (χ3v) is 3.93. The van der Waals surface area contributed by atoms with Crippen LogP contribution in [0.3, 0.4) is 0 Å². The van der Waals surface area contributed by atoms with E-state index < -0.39 is 17.9 Å². The lowest BCUT2D eigenvalue weighted by Crippen LogP contribution is -2.29. The standard InChI is InChI=1S/C13H12ClNO4S/c1-18-11(16)7-9(10-3-2-6-20-10)15-13(17)8-4-5-19-12(8)14/h2-6,9H,7H2,1H3,(H,15,17). The molecule has 5 nitrogen and oxygen atoms in total. The van der Waals surface area contributed by atoms with E-state index in [-0.39, 0.29) is 17.2 Å². The topological polar surface area (TPSA) is 68.5 Å². The predicted molar refractivity (Wildman–Crippen MR) is 74.9 cm³/mol. The van der Waals surface area contributed by atoms with Gasteiger partial charge in [0.2, 0.25) is 5.22 Å². The highest BCUT2D eigenvalue weighted by molar-refractivity contribution is 7.10. The molecule has 7 heteroatoms. The molecule has 0 aliphatic heterocycles. The molecule has 1 N–H and O–H groups in total. The Hall–Kier alpha value is -1.79. The van der Waals surface area contributed by atoms with Crippen LogP contribution in [0.15, 0.2) is 34.3 Å². The highest BCUT2D eigenvalue weighted by Gasteiger charge is 2.22. The van der Waals surface area contributed by atoms with Crippen LogP contribution in [0.5, 0.6) is 0 Å². The van der Waals surface area contributed by atoms with Crippen molar-refractivity contribution in [2.24, 2.45) is 0 Å². The lowest BCUT2D eigenvalue weighted by Gasteiger charge is -2.15. The molecular formula is C13H12ClNO4S. The Morgan fingerprint density at radius 1 is 1.50 bits per heavy atom. The molecule has 1 atom stereocenters. The number of hydrogen-bond donors (Lipinski definition) is 1. The maximum absolute atomic E-state index is 12.1. The molecule has 0 radical (unpaired) electrons. The Kier molecular flexibility index (Phi) is 4.81. The van der Waals surface area contributed by atoms with Crippen LogP contribution in [0.4, 0.5) is 0 Å². The molecule has 0 bridgehead atoms. The molecule has 0 spiro atoms. The highest BCUT2D eigenvalue weighted by atomic mass is 35.5. The summed E-state index contributed by atoms with van der Waals surface area (Å²) in [6.07, 6.45) is 1.38. The van der Waals surface area contributed by atoms with Crippen molar-refractivity contribution in [2.75, 3.05) is 7.11 Å². The number of esters is 1. The van der Waals surface area contributed by atoms with Gasteiger partial charge in [-0.1, -0.05) is 6.07 Å². The summed E-state index contributed by atoms with van der Waals surface area (Å²) in [6, 6.07) is 4.71. The second-order valence-electron chi connectivity index (χ2n) is 3.93. The first-order valence-corrected chi connectivity index (χ1v) is 7.01. The average Bonchev–Trinajstić information content (AvgIpc) is 3.08. The average molecular weight is 314 g/mol. The van der Waals surface area contributed by atoms with Crippen LogP contribution < -0.4 is 5.32 Å². The SMILES string of the molecule is COC(=O)CC(NC(=O)c1ccoc1Cl)c1cccs1. The lowest BCUT2D eigenvalue weighted by molar-refractivity contribution is -0.141. The van der Waals surface area contributed by atoms with Gasteiger partial charge in [0.25, 0.3) is 5.91 Å². The fourth-order valence-corrected chi connectivity index (χ4v) is 2.63. The first-order chi connectivity index (χ1) is 9.61. The second kappa shape index (κ2) is 6.58. The Bertz CT molecular complexity index is 593. The third-order valence-electron chi connectivity index (χ3n) is 2.65. The Balaban J connectivity index is 2.14. The summed E-state index contributed by atoms with van der Waals surface area (Å²) >= 11 is 7.21. The maximum Gasteiger partial charge on any atom is 0.307 e. The maximum atomic E-state index is 12.1. The number of rotatable bonds is 5. The molecule has 0 saturated carbocycles. The summed E-state index contributed by atoms with van der Waals surface area (Å²) in [7, 11) is 1.31. The van der Waals surface area contributed by atoms with Crippen LogP contribution >= 0.6 is 22.9 Å². The van der Waals surface area contributed by atoms with Crippen molar-refractivity contribution in [3.63, 3.8) is 0 Å². The second-order valence-corrected chi connectivity index (χ2v) is 5.25. The minimum Gasteiger partial charge on any atom is -0.469 e.